The van der Waals surface area contributed by atoms with Crippen LogP contribution in [0.1, 0.15) is 31.3 Å². The zero-order chi connectivity index (χ0) is 16.1. The molecule has 3 N–H and O–H groups in total. The van der Waals surface area contributed by atoms with E-state index in [9.17, 15) is 4.79 Å². The maximum Gasteiger partial charge on any atom is 0.270 e. The molecule has 1 amide bonds. The topological polar surface area (TPSA) is 90.1 Å². The van der Waals surface area contributed by atoms with Crippen LogP contribution in [0.2, 0.25) is 0 Å². The van der Waals surface area contributed by atoms with Gasteiger partial charge in [0.05, 0.1) is 11.8 Å². The predicted octanol–water partition coefficient (Wildman–Crippen LogP) is 2.26. The molecule has 6 nitrogen and oxygen atoms in total. The Morgan fingerprint density at radius 3 is 2.77 bits per heavy atom. The van der Waals surface area contributed by atoms with Crippen LogP contribution in [-0.2, 0) is 0 Å². The van der Waals surface area contributed by atoms with Crippen molar-refractivity contribution in [3.05, 3.63) is 36.0 Å². The van der Waals surface area contributed by atoms with Gasteiger partial charge in [-0.25, -0.2) is 9.97 Å². The van der Waals surface area contributed by atoms with Gasteiger partial charge in [0.15, 0.2) is 0 Å². The van der Waals surface area contributed by atoms with Gasteiger partial charge in [0, 0.05) is 12.1 Å². The first-order chi connectivity index (χ1) is 10.5. The summed E-state index contributed by atoms with van der Waals surface area (Å²) in [7, 11) is 0. The van der Waals surface area contributed by atoms with Crippen molar-refractivity contribution in [2.75, 3.05) is 12.3 Å². The number of ether oxygens (including phenoxy) is 1. The van der Waals surface area contributed by atoms with E-state index in [0.29, 0.717) is 12.2 Å². The Kier molecular flexibility index (Phi) is 4.93. The lowest BCUT2D eigenvalue weighted by Gasteiger charge is -2.11. The van der Waals surface area contributed by atoms with E-state index in [1.807, 2.05) is 45.0 Å². The molecule has 0 aliphatic rings. The lowest BCUT2D eigenvalue weighted by Crippen LogP contribution is -2.24. The van der Waals surface area contributed by atoms with Crippen molar-refractivity contribution in [1.82, 2.24) is 15.3 Å². The van der Waals surface area contributed by atoms with Gasteiger partial charge in [0.2, 0.25) is 5.95 Å². The van der Waals surface area contributed by atoms with Gasteiger partial charge in [-0.15, -0.1) is 0 Å². The molecule has 0 atom stereocenters. The first kappa shape index (κ1) is 15.8. The van der Waals surface area contributed by atoms with Gasteiger partial charge in [-0.1, -0.05) is 12.1 Å². The molecule has 22 heavy (non-hydrogen) atoms. The van der Waals surface area contributed by atoms with Crippen molar-refractivity contribution in [2.45, 2.75) is 26.9 Å². The van der Waals surface area contributed by atoms with Gasteiger partial charge in [-0.3, -0.25) is 4.79 Å². The molecule has 0 radical (unpaired) electrons. The Hall–Kier alpha value is -2.63. The van der Waals surface area contributed by atoms with Crippen LogP contribution in [0.4, 0.5) is 5.95 Å². The Balaban J connectivity index is 2.38. The fourth-order valence-corrected chi connectivity index (χ4v) is 1.98. The number of nitrogens with zero attached hydrogens (tertiary/aromatic N) is 2. The third-order valence-electron chi connectivity index (χ3n) is 2.81. The minimum atomic E-state index is -0.271. The van der Waals surface area contributed by atoms with Crippen LogP contribution < -0.4 is 15.8 Å². The normalized spacial score (nSPS) is 10.5. The highest BCUT2D eigenvalue weighted by atomic mass is 16.5. The Morgan fingerprint density at radius 1 is 1.32 bits per heavy atom. The molecular weight excluding hydrogens is 280 g/mol. The quantitative estimate of drug-likeness (QED) is 0.884. The molecule has 1 aromatic carbocycles. The summed E-state index contributed by atoms with van der Waals surface area (Å²) in [6.45, 7) is 6.29. The number of carbonyl (C=O) groups excluding carboxylic acids is 1. The third kappa shape index (κ3) is 3.94. The van der Waals surface area contributed by atoms with E-state index >= 15 is 0 Å². The van der Waals surface area contributed by atoms with Crippen LogP contribution in [0.25, 0.3) is 11.3 Å². The molecule has 0 spiro atoms. The Bertz CT molecular complexity index is 671. The number of nitrogen functional groups attached to an aromatic ring is 1. The van der Waals surface area contributed by atoms with Crippen molar-refractivity contribution in [3.63, 3.8) is 0 Å². The number of hydrogen-bond acceptors (Lipinski definition) is 5. The second kappa shape index (κ2) is 6.89. The standard InChI is InChI=1S/C16H20N4O2/c1-4-18-15(21)14-9-13(19-16(17)20-14)11-6-5-7-12(8-11)22-10(2)3/h5-10H,4H2,1-3H3,(H,18,21)(H2,17,19,20). The summed E-state index contributed by atoms with van der Waals surface area (Å²) < 4.78 is 5.67. The number of benzene rings is 1. The summed E-state index contributed by atoms with van der Waals surface area (Å²) in [5.41, 5.74) is 7.37. The van der Waals surface area contributed by atoms with Gasteiger partial charge in [0.25, 0.3) is 5.91 Å². The lowest BCUT2D eigenvalue weighted by molar-refractivity contribution is 0.0951. The van der Waals surface area contributed by atoms with E-state index in [1.165, 1.54) is 0 Å². The maximum atomic E-state index is 11.9. The van der Waals surface area contributed by atoms with Crippen molar-refractivity contribution < 1.29 is 9.53 Å². The molecule has 0 unspecified atom stereocenters. The van der Waals surface area contributed by atoms with E-state index < -0.39 is 0 Å². The summed E-state index contributed by atoms with van der Waals surface area (Å²) in [6.07, 6.45) is 0.0802. The van der Waals surface area contributed by atoms with Crippen molar-refractivity contribution in [3.8, 4) is 17.0 Å². The van der Waals surface area contributed by atoms with Gasteiger partial charge in [-0.2, -0.15) is 0 Å². The number of nitrogens with one attached hydrogen (secondary N) is 1. The SMILES string of the molecule is CCNC(=O)c1cc(-c2cccc(OC(C)C)c2)nc(N)n1. The molecular formula is C16H20N4O2. The molecule has 2 aromatic rings. The van der Waals surface area contributed by atoms with Crippen LogP contribution in [0.5, 0.6) is 5.75 Å². The monoisotopic (exact) mass is 300 g/mol. The number of hydrogen-bond donors (Lipinski definition) is 2. The van der Waals surface area contributed by atoms with Gasteiger partial charge in [-0.05, 0) is 39.0 Å². The second-order valence-corrected chi connectivity index (χ2v) is 5.05. The molecule has 1 aromatic heterocycles. The van der Waals surface area contributed by atoms with Crippen LogP contribution >= 0.6 is 0 Å². The fourth-order valence-electron chi connectivity index (χ4n) is 1.98. The predicted molar refractivity (Wildman–Crippen MR) is 85.7 cm³/mol. The molecule has 1 heterocycles. The third-order valence-corrected chi connectivity index (χ3v) is 2.81. The average molecular weight is 300 g/mol. The van der Waals surface area contributed by atoms with E-state index in [0.717, 1.165) is 11.3 Å². The molecule has 0 saturated heterocycles. The Morgan fingerprint density at radius 2 is 2.09 bits per heavy atom. The lowest BCUT2D eigenvalue weighted by atomic mass is 10.1. The molecule has 0 saturated carbocycles. The van der Waals surface area contributed by atoms with E-state index in [1.54, 1.807) is 6.07 Å². The first-order valence-corrected chi connectivity index (χ1v) is 7.19. The number of amides is 1. The number of aromatic nitrogens is 2. The number of rotatable bonds is 5. The molecule has 0 fully saturated rings. The van der Waals surface area contributed by atoms with Gasteiger partial charge >= 0.3 is 0 Å². The average Bonchev–Trinajstić information content (AvgIpc) is 2.46. The largest absolute Gasteiger partial charge is 0.491 e. The van der Waals surface area contributed by atoms with Gasteiger partial charge in [0.1, 0.15) is 11.4 Å². The van der Waals surface area contributed by atoms with Gasteiger partial charge < -0.3 is 15.8 Å². The van der Waals surface area contributed by atoms with E-state index in [2.05, 4.69) is 15.3 Å². The van der Waals surface area contributed by atoms with Crippen LogP contribution in [0.3, 0.4) is 0 Å². The summed E-state index contributed by atoms with van der Waals surface area (Å²) in [4.78, 5) is 20.1. The summed E-state index contributed by atoms with van der Waals surface area (Å²) in [5, 5.41) is 2.70. The second-order valence-electron chi connectivity index (χ2n) is 5.05. The zero-order valence-electron chi connectivity index (χ0n) is 13.0. The minimum Gasteiger partial charge on any atom is -0.491 e. The summed E-state index contributed by atoms with van der Waals surface area (Å²) >= 11 is 0. The fraction of sp³-hybridized carbons (Fsp3) is 0.312. The number of carbonyl (C=O) groups is 1. The van der Waals surface area contributed by atoms with Crippen LogP contribution in [0, 0.1) is 0 Å². The maximum absolute atomic E-state index is 11.9. The van der Waals surface area contributed by atoms with Crippen LogP contribution in [-0.4, -0.2) is 28.5 Å². The Labute approximate surface area is 129 Å². The number of nitrogens with two attached hydrogens (primary N) is 1. The van der Waals surface area contributed by atoms with Crippen molar-refractivity contribution in [1.29, 1.82) is 0 Å². The van der Waals surface area contributed by atoms with Crippen molar-refractivity contribution in [2.24, 2.45) is 0 Å². The minimum absolute atomic E-state index is 0.0638. The first-order valence-electron chi connectivity index (χ1n) is 7.19. The summed E-state index contributed by atoms with van der Waals surface area (Å²) in [6, 6.07) is 9.12. The highest BCUT2D eigenvalue weighted by Crippen LogP contribution is 2.24. The molecule has 116 valence electrons. The highest BCUT2D eigenvalue weighted by Gasteiger charge is 2.11. The highest BCUT2D eigenvalue weighted by molar-refractivity contribution is 5.93. The molecule has 0 aliphatic carbocycles. The van der Waals surface area contributed by atoms with E-state index in [-0.39, 0.29) is 23.7 Å². The van der Waals surface area contributed by atoms with Crippen molar-refractivity contribution >= 4 is 11.9 Å². The molecule has 6 heteroatoms. The molecule has 0 bridgehead atoms. The number of anilines is 1. The van der Waals surface area contributed by atoms with E-state index in [4.69, 9.17) is 10.5 Å². The molecule has 0 aliphatic heterocycles. The van der Waals surface area contributed by atoms with Crippen LogP contribution in [0.15, 0.2) is 30.3 Å². The molecule has 2 rings (SSSR count). The summed E-state index contributed by atoms with van der Waals surface area (Å²) in [5.74, 6) is 0.533. The smallest absolute Gasteiger partial charge is 0.270 e. The zero-order valence-corrected chi connectivity index (χ0v) is 13.0.